The van der Waals surface area contributed by atoms with E-state index in [0.717, 1.165) is 0 Å². The van der Waals surface area contributed by atoms with Crippen molar-refractivity contribution in [2.75, 3.05) is 5.73 Å². The van der Waals surface area contributed by atoms with E-state index >= 15 is 0 Å². The molecule has 0 aromatic carbocycles. The van der Waals surface area contributed by atoms with Crippen molar-refractivity contribution in [2.24, 2.45) is 14.1 Å². The molecule has 2 aromatic rings. The summed E-state index contributed by atoms with van der Waals surface area (Å²) in [5.41, 5.74) is 6.35. The summed E-state index contributed by atoms with van der Waals surface area (Å²) in [6, 6.07) is 0. The molecule has 2 aromatic heterocycles. The van der Waals surface area contributed by atoms with Gasteiger partial charge in [-0.2, -0.15) is 10.2 Å². The average molecular weight is 270 g/mol. The second-order valence-corrected chi connectivity index (χ2v) is 5.62. The van der Waals surface area contributed by atoms with Crippen LogP contribution in [-0.2, 0) is 30.7 Å². The summed E-state index contributed by atoms with van der Waals surface area (Å²) in [6.45, 7) is 0.0941. The van der Waals surface area contributed by atoms with Gasteiger partial charge in [0, 0.05) is 32.4 Å². The van der Waals surface area contributed by atoms with Gasteiger partial charge in [-0.05, 0) is 0 Å². The molecule has 0 aliphatic rings. The minimum atomic E-state index is -3.57. The van der Waals surface area contributed by atoms with Crippen molar-refractivity contribution in [3.05, 3.63) is 24.2 Å². The summed E-state index contributed by atoms with van der Waals surface area (Å²) < 4.78 is 29.2. The third kappa shape index (κ3) is 2.36. The van der Waals surface area contributed by atoms with Crippen molar-refractivity contribution >= 4 is 15.8 Å². The summed E-state index contributed by atoms with van der Waals surface area (Å²) >= 11 is 0. The highest BCUT2D eigenvalue weighted by atomic mass is 32.2. The van der Waals surface area contributed by atoms with Crippen LogP contribution in [0.25, 0.3) is 0 Å². The zero-order valence-corrected chi connectivity index (χ0v) is 10.8. The first-order valence-corrected chi connectivity index (χ1v) is 6.63. The van der Waals surface area contributed by atoms with Crippen LogP contribution in [0.1, 0.15) is 5.56 Å². The number of hydrogen-bond donors (Lipinski definition) is 2. The Morgan fingerprint density at radius 3 is 2.56 bits per heavy atom. The lowest BCUT2D eigenvalue weighted by atomic mass is 10.3. The maximum Gasteiger partial charge on any atom is 0.243 e. The second-order valence-electron chi connectivity index (χ2n) is 3.85. The van der Waals surface area contributed by atoms with Gasteiger partial charge < -0.3 is 5.73 Å². The van der Waals surface area contributed by atoms with E-state index in [-0.39, 0.29) is 11.4 Å². The topological polar surface area (TPSA) is 108 Å². The summed E-state index contributed by atoms with van der Waals surface area (Å²) in [5, 5.41) is 7.75. The van der Waals surface area contributed by atoms with Crippen LogP contribution in [0.2, 0.25) is 0 Å². The van der Waals surface area contributed by atoms with Crippen LogP contribution in [0, 0.1) is 0 Å². The molecule has 9 heteroatoms. The van der Waals surface area contributed by atoms with Crippen molar-refractivity contribution in [2.45, 2.75) is 11.4 Å². The predicted octanol–water partition coefficient (Wildman–Crippen LogP) is -0.786. The van der Waals surface area contributed by atoms with Gasteiger partial charge in [-0.25, -0.2) is 13.1 Å². The molecule has 0 amide bonds. The third-order valence-corrected chi connectivity index (χ3v) is 3.86. The quantitative estimate of drug-likeness (QED) is 0.757. The fraction of sp³-hybridized carbons (Fsp3) is 0.333. The molecule has 0 atom stereocenters. The molecular weight excluding hydrogens is 256 g/mol. The Hall–Kier alpha value is -1.87. The minimum Gasteiger partial charge on any atom is -0.384 e. The molecule has 0 aliphatic heterocycles. The number of hydrogen-bond acceptors (Lipinski definition) is 5. The molecule has 2 rings (SSSR count). The predicted molar refractivity (Wildman–Crippen MR) is 64.9 cm³/mol. The number of sulfonamides is 1. The number of anilines is 1. The number of nitrogens with two attached hydrogens (primary N) is 1. The fourth-order valence-electron chi connectivity index (χ4n) is 1.42. The highest BCUT2D eigenvalue weighted by Crippen LogP contribution is 2.11. The number of nitrogen functional groups attached to an aromatic ring is 1. The molecule has 98 valence electrons. The van der Waals surface area contributed by atoms with Gasteiger partial charge >= 0.3 is 0 Å². The van der Waals surface area contributed by atoms with E-state index in [1.807, 2.05) is 0 Å². The van der Waals surface area contributed by atoms with Crippen LogP contribution in [0.3, 0.4) is 0 Å². The summed E-state index contributed by atoms with van der Waals surface area (Å²) in [7, 11) is -0.231. The molecule has 18 heavy (non-hydrogen) atoms. The highest BCUT2D eigenvalue weighted by molar-refractivity contribution is 7.89. The Bertz CT molecular complexity index is 656. The van der Waals surface area contributed by atoms with Gasteiger partial charge in [0.15, 0.2) is 0 Å². The number of aryl methyl sites for hydroxylation is 2. The first-order chi connectivity index (χ1) is 8.40. The summed E-state index contributed by atoms with van der Waals surface area (Å²) in [6.07, 6.45) is 4.24. The average Bonchev–Trinajstić information content (AvgIpc) is 2.86. The van der Waals surface area contributed by atoms with E-state index < -0.39 is 10.0 Å². The molecule has 0 spiro atoms. The van der Waals surface area contributed by atoms with Crippen LogP contribution >= 0.6 is 0 Å². The smallest absolute Gasteiger partial charge is 0.243 e. The molecule has 0 unspecified atom stereocenters. The Labute approximate surface area is 104 Å². The van der Waals surface area contributed by atoms with Crippen LogP contribution in [0.5, 0.6) is 0 Å². The third-order valence-electron chi connectivity index (χ3n) is 2.51. The van der Waals surface area contributed by atoms with Crippen molar-refractivity contribution in [1.82, 2.24) is 24.3 Å². The molecule has 2 heterocycles. The van der Waals surface area contributed by atoms with E-state index in [9.17, 15) is 8.42 Å². The number of nitrogens with zero attached hydrogens (tertiary/aromatic N) is 4. The summed E-state index contributed by atoms with van der Waals surface area (Å²) in [4.78, 5) is 0.118. The van der Waals surface area contributed by atoms with Gasteiger partial charge in [0.2, 0.25) is 10.0 Å². The van der Waals surface area contributed by atoms with Gasteiger partial charge in [0.25, 0.3) is 0 Å². The van der Waals surface area contributed by atoms with E-state index in [4.69, 9.17) is 5.73 Å². The van der Waals surface area contributed by atoms with E-state index in [1.165, 1.54) is 28.0 Å². The van der Waals surface area contributed by atoms with Crippen LogP contribution in [-0.4, -0.2) is 28.0 Å². The Morgan fingerprint density at radius 2 is 2.06 bits per heavy atom. The van der Waals surface area contributed by atoms with Crippen molar-refractivity contribution in [3.63, 3.8) is 0 Å². The lowest BCUT2D eigenvalue weighted by molar-refractivity contribution is 0.581. The van der Waals surface area contributed by atoms with E-state index in [0.29, 0.717) is 11.4 Å². The molecule has 8 nitrogen and oxygen atoms in total. The Morgan fingerprint density at radius 1 is 1.33 bits per heavy atom. The lowest BCUT2D eigenvalue weighted by Gasteiger charge is -2.04. The van der Waals surface area contributed by atoms with Gasteiger partial charge in [-0.3, -0.25) is 9.36 Å². The SMILES string of the molecule is Cn1cc(S(=O)(=O)NCc2cnn(C)c2N)cn1. The molecule has 0 fully saturated rings. The van der Waals surface area contributed by atoms with Crippen molar-refractivity contribution in [1.29, 1.82) is 0 Å². The van der Waals surface area contributed by atoms with E-state index in [1.54, 1.807) is 14.1 Å². The van der Waals surface area contributed by atoms with Crippen molar-refractivity contribution in [3.8, 4) is 0 Å². The molecule has 0 radical (unpaired) electrons. The zero-order valence-electron chi connectivity index (χ0n) is 10.0. The molecule has 0 aliphatic carbocycles. The number of aromatic nitrogens is 4. The van der Waals surface area contributed by atoms with Crippen LogP contribution in [0.4, 0.5) is 5.82 Å². The standard InChI is InChI=1S/C9H14N6O2S/c1-14-6-8(5-11-14)18(16,17)13-4-7-3-12-15(2)9(7)10/h3,5-6,13H,4,10H2,1-2H3. The Balaban J connectivity index is 2.13. The molecule has 0 saturated heterocycles. The lowest BCUT2D eigenvalue weighted by Crippen LogP contribution is -2.23. The normalized spacial score (nSPS) is 11.9. The molecule has 0 saturated carbocycles. The maximum absolute atomic E-state index is 11.9. The first kappa shape index (κ1) is 12.6. The molecular formula is C9H14N6O2S. The number of nitrogens with one attached hydrogen (secondary N) is 1. The van der Waals surface area contributed by atoms with Gasteiger partial charge in [-0.1, -0.05) is 0 Å². The van der Waals surface area contributed by atoms with Crippen molar-refractivity contribution < 1.29 is 8.42 Å². The van der Waals surface area contributed by atoms with Crippen LogP contribution in [0.15, 0.2) is 23.5 Å². The van der Waals surface area contributed by atoms with Gasteiger partial charge in [0.05, 0.1) is 12.4 Å². The van der Waals surface area contributed by atoms with Crippen LogP contribution < -0.4 is 10.5 Å². The number of rotatable bonds is 4. The largest absolute Gasteiger partial charge is 0.384 e. The summed E-state index contributed by atoms with van der Waals surface area (Å²) in [5.74, 6) is 0.434. The molecule has 0 bridgehead atoms. The fourth-order valence-corrected chi connectivity index (χ4v) is 2.41. The van der Waals surface area contributed by atoms with Gasteiger partial charge in [-0.15, -0.1) is 0 Å². The molecule has 3 N–H and O–H groups in total. The first-order valence-electron chi connectivity index (χ1n) is 5.15. The second kappa shape index (κ2) is 4.42. The Kier molecular flexibility index (Phi) is 3.09. The zero-order chi connectivity index (χ0) is 13.3. The maximum atomic E-state index is 11.9. The highest BCUT2D eigenvalue weighted by Gasteiger charge is 2.16. The van der Waals surface area contributed by atoms with E-state index in [2.05, 4.69) is 14.9 Å². The van der Waals surface area contributed by atoms with Gasteiger partial charge in [0.1, 0.15) is 10.7 Å². The minimum absolute atomic E-state index is 0.0941. The monoisotopic (exact) mass is 270 g/mol.